The maximum absolute atomic E-state index is 6.46. The van der Waals surface area contributed by atoms with Gasteiger partial charge in [-0.15, -0.1) is 0 Å². The van der Waals surface area contributed by atoms with Gasteiger partial charge in [-0.25, -0.2) is 0 Å². The molecule has 0 heterocycles. The van der Waals surface area contributed by atoms with E-state index < -0.39 is 0 Å². The van der Waals surface area contributed by atoms with Crippen molar-refractivity contribution in [3.05, 3.63) is 58.1 Å². The van der Waals surface area contributed by atoms with Gasteiger partial charge < -0.3 is 5.32 Å². The van der Waals surface area contributed by atoms with Gasteiger partial charge in [-0.2, -0.15) is 0 Å². The van der Waals surface area contributed by atoms with Gasteiger partial charge >= 0.3 is 0 Å². The Morgan fingerprint density at radius 3 is 2.55 bits per heavy atom. The second-order valence-electron chi connectivity index (χ2n) is 5.26. The molecule has 2 rings (SSSR count). The van der Waals surface area contributed by atoms with E-state index in [2.05, 4.69) is 69.4 Å². The van der Waals surface area contributed by atoms with Crippen LogP contribution in [0.3, 0.4) is 0 Å². The molecule has 0 aliphatic heterocycles. The molecule has 1 nitrogen and oxygen atoms in total. The van der Waals surface area contributed by atoms with Crippen LogP contribution in [0, 0.1) is 13.8 Å². The minimum absolute atomic E-state index is 0.278. The van der Waals surface area contributed by atoms with Crippen molar-refractivity contribution in [2.24, 2.45) is 0 Å². The number of halogens is 1. The van der Waals surface area contributed by atoms with Gasteiger partial charge in [0.15, 0.2) is 0 Å². The van der Waals surface area contributed by atoms with Crippen molar-refractivity contribution < 1.29 is 0 Å². The zero-order chi connectivity index (χ0) is 14.7. The molecule has 0 aromatic heterocycles. The molecule has 0 bridgehead atoms. The lowest BCUT2D eigenvalue weighted by Gasteiger charge is -2.16. The summed E-state index contributed by atoms with van der Waals surface area (Å²) in [5, 5.41) is 4.23. The Kier molecular flexibility index (Phi) is 4.85. The number of rotatable bonds is 4. The first kappa shape index (κ1) is 15.1. The van der Waals surface area contributed by atoms with Crippen LogP contribution >= 0.6 is 11.6 Å². The Morgan fingerprint density at radius 1 is 1.15 bits per heavy atom. The zero-order valence-electron chi connectivity index (χ0n) is 12.6. The molecule has 1 atom stereocenters. The van der Waals surface area contributed by atoms with Crippen molar-refractivity contribution in [3.63, 3.8) is 0 Å². The molecule has 0 aliphatic rings. The fourth-order valence-electron chi connectivity index (χ4n) is 2.53. The Morgan fingerprint density at radius 2 is 1.90 bits per heavy atom. The van der Waals surface area contributed by atoms with Crippen LogP contribution < -0.4 is 5.32 Å². The van der Waals surface area contributed by atoms with Crippen LogP contribution in [0.25, 0.3) is 11.1 Å². The SMILES string of the molecule is CCNC(C)c1ccc(-c2cccc(C)c2C)cc1Cl. The van der Waals surface area contributed by atoms with Gasteiger partial charge in [-0.05, 0) is 61.2 Å². The molecule has 106 valence electrons. The topological polar surface area (TPSA) is 12.0 Å². The van der Waals surface area contributed by atoms with Crippen molar-refractivity contribution in [3.8, 4) is 11.1 Å². The minimum atomic E-state index is 0.278. The maximum Gasteiger partial charge on any atom is 0.0459 e. The average Bonchev–Trinajstić information content (AvgIpc) is 2.42. The molecule has 0 fully saturated rings. The van der Waals surface area contributed by atoms with Crippen molar-refractivity contribution in [1.29, 1.82) is 0 Å². The van der Waals surface area contributed by atoms with Gasteiger partial charge in [0.2, 0.25) is 0 Å². The summed E-state index contributed by atoms with van der Waals surface area (Å²) >= 11 is 6.46. The van der Waals surface area contributed by atoms with Crippen LogP contribution in [0.5, 0.6) is 0 Å². The second-order valence-corrected chi connectivity index (χ2v) is 5.67. The predicted molar refractivity (Wildman–Crippen MR) is 88.5 cm³/mol. The standard InChI is InChI=1S/C18H22ClN/c1-5-20-14(4)17-10-9-15(11-18(17)19)16-8-6-7-12(2)13(16)3/h6-11,14,20H,5H2,1-4H3. The molecule has 20 heavy (non-hydrogen) atoms. The Balaban J connectivity index is 2.41. The number of nitrogens with one attached hydrogen (secondary N) is 1. The van der Waals surface area contributed by atoms with Crippen LogP contribution in [0.15, 0.2) is 36.4 Å². The van der Waals surface area contributed by atoms with E-state index in [1.807, 2.05) is 0 Å². The van der Waals surface area contributed by atoms with E-state index in [4.69, 9.17) is 11.6 Å². The van der Waals surface area contributed by atoms with E-state index in [-0.39, 0.29) is 6.04 Å². The van der Waals surface area contributed by atoms with E-state index in [1.54, 1.807) is 0 Å². The quantitative estimate of drug-likeness (QED) is 0.805. The molecular weight excluding hydrogens is 266 g/mol. The summed E-state index contributed by atoms with van der Waals surface area (Å²) in [5.41, 5.74) is 6.22. The Hall–Kier alpha value is -1.31. The molecule has 2 aromatic carbocycles. The largest absolute Gasteiger partial charge is 0.310 e. The second kappa shape index (κ2) is 6.43. The smallest absolute Gasteiger partial charge is 0.0459 e. The highest BCUT2D eigenvalue weighted by atomic mass is 35.5. The lowest BCUT2D eigenvalue weighted by molar-refractivity contribution is 0.598. The number of hydrogen-bond acceptors (Lipinski definition) is 1. The monoisotopic (exact) mass is 287 g/mol. The molecule has 1 unspecified atom stereocenters. The van der Waals surface area contributed by atoms with Crippen molar-refractivity contribution in [1.82, 2.24) is 5.32 Å². The van der Waals surface area contributed by atoms with Crippen molar-refractivity contribution in [2.75, 3.05) is 6.54 Å². The number of benzene rings is 2. The normalized spacial score (nSPS) is 12.4. The minimum Gasteiger partial charge on any atom is -0.310 e. The van der Waals surface area contributed by atoms with Crippen molar-refractivity contribution in [2.45, 2.75) is 33.7 Å². The van der Waals surface area contributed by atoms with Crippen LogP contribution in [0.4, 0.5) is 0 Å². The summed E-state index contributed by atoms with van der Waals surface area (Å²) in [4.78, 5) is 0. The highest BCUT2D eigenvalue weighted by Crippen LogP contribution is 2.31. The molecule has 0 saturated heterocycles. The van der Waals surface area contributed by atoms with Gasteiger partial charge in [0.05, 0.1) is 0 Å². The summed E-state index contributed by atoms with van der Waals surface area (Å²) < 4.78 is 0. The number of hydrogen-bond donors (Lipinski definition) is 1. The first-order chi connectivity index (χ1) is 9.54. The van der Waals surface area contributed by atoms with E-state index in [1.165, 1.54) is 22.3 Å². The molecule has 0 spiro atoms. The lowest BCUT2D eigenvalue weighted by atomic mass is 9.95. The summed E-state index contributed by atoms with van der Waals surface area (Å²) in [6.07, 6.45) is 0. The molecule has 0 aliphatic carbocycles. The summed E-state index contributed by atoms with van der Waals surface area (Å²) in [5.74, 6) is 0. The lowest BCUT2D eigenvalue weighted by Crippen LogP contribution is -2.17. The van der Waals surface area contributed by atoms with Crippen molar-refractivity contribution >= 4 is 11.6 Å². The molecule has 0 saturated carbocycles. The molecular formula is C18H22ClN. The maximum atomic E-state index is 6.46. The molecule has 1 N–H and O–H groups in total. The summed E-state index contributed by atoms with van der Waals surface area (Å²) in [7, 11) is 0. The first-order valence-corrected chi connectivity index (χ1v) is 7.51. The van der Waals surface area contributed by atoms with Gasteiger partial charge in [-0.3, -0.25) is 0 Å². The average molecular weight is 288 g/mol. The predicted octanol–water partition coefficient (Wildman–Crippen LogP) is 5.29. The zero-order valence-corrected chi connectivity index (χ0v) is 13.4. The van der Waals surface area contributed by atoms with Crippen LogP contribution in [-0.4, -0.2) is 6.54 Å². The van der Waals surface area contributed by atoms with Crippen LogP contribution in [0.1, 0.15) is 36.6 Å². The van der Waals surface area contributed by atoms with Crippen LogP contribution in [-0.2, 0) is 0 Å². The van der Waals surface area contributed by atoms with E-state index in [0.29, 0.717) is 0 Å². The first-order valence-electron chi connectivity index (χ1n) is 7.14. The third kappa shape index (κ3) is 3.05. The Labute approximate surface area is 127 Å². The fraction of sp³-hybridized carbons (Fsp3) is 0.333. The number of aryl methyl sites for hydroxylation is 1. The molecule has 2 heteroatoms. The third-order valence-electron chi connectivity index (χ3n) is 3.89. The highest BCUT2D eigenvalue weighted by Gasteiger charge is 2.11. The van der Waals surface area contributed by atoms with E-state index >= 15 is 0 Å². The van der Waals surface area contributed by atoms with Gasteiger partial charge in [0.1, 0.15) is 0 Å². The van der Waals surface area contributed by atoms with Gasteiger partial charge in [0, 0.05) is 11.1 Å². The summed E-state index contributed by atoms with van der Waals surface area (Å²) in [6.45, 7) is 9.49. The van der Waals surface area contributed by atoms with Gasteiger partial charge in [0.25, 0.3) is 0 Å². The Bertz CT molecular complexity index is 604. The fourth-order valence-corrected chi connectivity index (χ4v) is 2.87. The van der Waals surface area contributed by atoms with E-state index in [0.717, 1.165) is 17.1 Å². The molecule has 0 radical (unpaired) electrons. The third-order valence-corrected chi connectivity index (χ3v) is 4.22. The highest BCUT2D eigenvalue weighted by molar-refractivity contribution is 6.31. The van der Waals surface area contributed by atoms with Crippen LogP contribution in [0.2, 0.25) is 5.02 Å². The van der Waals surface area contributed by atoms with Gasteiger partial charge in [-0.1, -0.05) is 48.9 Å². The summed E-state index contributed by atoms with van der Waals surface area (Å²) in [6, 6.07) is 13.0. The molecule has 0 amide bonds. The molecule has 2 aromatic rings. The van der Waals surface area contributed by atoms with E-state index in [9.17, 15) is 0 Å².